The van der Waals surface area contributed by atoms with Gasteiger partial charge in [-0.3, -0.25) is 9.69 Å². The van der Waals surface area contributed by atoms with Crippen molar-refractivity contribution in [1.29, 1.82) is 0 Å². The molecule has 1 fully saturated rings. The van der Waals surface area contributed by atoms with Gasteiger partial charge in [0.05, 0.1) is 12.5 Å². The van der Waals surface area contributed by atoms with Crippen molar-refractivity contribution in [2.24, 2.45) is 0 Å². The summed E-state index contributed by atoms with van der Waals surface area (Å²) < 4.78 is 11.5. The number of halogens is 1. The molecule has 0 aliphatic carbocycles. The zero-order valence-corrected chi connectivity index (χ0v) is 23.6. The molecule has 3 rings (SSSR count). The zero-order chi connectivity index (χ0) is 27.2. The van der Waals surface area contributed by atoms with Crippen LogP contribution in [0, 0.1) is 0 Å². The lowest BCUT2D eigenvalue weighted by molar-refractivity contribution is -0.124. The van der Waals surface area contributed by atoms with Crippen LogP contribution in [-0.4, -0.2) is 67.0 Å². The van der Waals surface area contributed by atoms with Crippen LogP contribution in [0.4, 0.5) is 10.5 Å². The van der Waals surface area contributed by atoms with Crippen molar-refractivity contribution < 1.29 is 19.1 Å². The van der Waals surface area contributed by atoms with Gasteiger partial charge in [0.1, 0.15) is 12.4 Å². The molecule has 0 saturated carbocycles. The Morgan fingerprint density at radius 1 is 1.03 bits per heavy atom. The van der Waals surface area contributed by atoms with E-state index in [9.17, 15) is 9.59 Å². The molecule has 7 nitrogen and oxygen atoms in total. The maximum absolute atomic E-state index is 13.1. The standard InChI is InChI=1S/C29H40ClN3O4/c1-20(2)33(21(3)4)17-18-37-27-19-25(11-12-26(27)36-6)31-28(35)32-15-13-29(14-16-32,22(5)34)23-7-9-24(30)10-8-23/h7-12,19-21H,13-18H2,1-6H3,(H,31,35). The fourth-order valence-corrected chi connectivity index (χ4v) is 5.27. The smallest absolute Gasteiger partial charge is 0.321 e. The van der Waals surface area contributed by atoms with Crippen LogP contribution in [0.3, 0.4) is 0 Å². The van der Waals surface area contributed by atoms with Crippen molar-refractivity contribution in [1.82, 2.24) is 9.80 Å². The molecule has 0 radical (unpaired) electrons. The number of nitrogens with one attached hydrogen (secondary N) is 1. The first kappa shape index (κ1) is 28.8. The van der Waals surface area contributed by atoms with Crippen LogP contribution in [0.2, 0.25) is 5.02 Å². The lowest BCUT2D eigenvalue weighted by atomic mass is 9.70. The second-order valence-corrected chi connectivity index (χ2v) is 10.6. The number of nitrogens with zero attached hydrogens (tertiary/aromatic N) is 2. The first-order chi connectivity index (χ1) is 17.6. The van der Waals surface area contributed by atoms with Gasteiger partial charge in [0, 0.05) is 48.5 Å². The molecule has 0 atom stereocenters. The quantitative estimate of drug-likeness (QED) is 0.408. The molecular formula is C29H40ClN3O4. The van der Waals surface area contributed by atoms with E-state index >= 15 is 0 Å². The number of likely N-dealkylation sites (tertiary alicyclic amines) is 1. The minimum Gasteiger partial charge on any atom is -0.493 e. The predicted molar refractivity (Wildman–Crippen MR) is 149 cm³/mol. The van der Waals surface area contributed by atoms with Crippen molar-refractivity contribution in [2.45, 2.75) is 65.0 Å². The Morgan fingerprint density at radius 3 is 2.19 bits per heavy atom. The van der Waals surface area contributed by atoms with Gasteiger partial charge in [-0.25, -0.2) is 4.79 Å². The third kappa shape index (κ3) is 6.96. The van der Waals surface area contributed by atoms with E-state index in [1.54, 1.807) is 37.1 Å². The molecule has 1 aliphatic rings. The van der Waals surface area contributed by atoms with Gasteiger partial charge in [-0.2, -0.15) is 0 Å². The summed E-state index contributed by atoms with van der Waals surface area (Å²) in [4.78, 5) is 29.9. The number of hydrogen-bond donors (Lipinski definition) is 1. The summed E-state index contributed by atoms with van der Waals surface area (Å²) in [5.41, 5.74) is 0.990. The number of methoxy groups -OCH3 is 1. The maximum atomic E-state index is 13.1. The molecule has 202 valence electrons. The van der Waals surface area contributed by atoms with Gasteiger partial charge in [0.15, 0.2) is 11.5 Å². The van der Waals surface area contributed by atoms with Crippen molar-refractivity contribution in [2.75, 3.05) is 38.7 Å². The van der Waals surface area contributed by atoms with Gasteiger partial charge in [0.25, 0.3) is 0 Å². The average molecular weight is 530 g/mol. The maximum Gasteiger partial charge on any atom is 0.321 e. The third-order valence-corrected chi connectivity index (χ3v) is 7.58. The first-order valence-corrected chi connectivity index (χ1v) is 13.3. The van der Waals surface area contributed by atoms with Gasteiger partial charge < -0.3 is 19.7 Å². The zero-order valence-electron chi connectivity index (χ0n) is 22.8. The van der Waals surface area contributed by atoms with E-state index in [1.165, 1.54) is 0 Å². The summed E-state index contributed by atoms with van der Waals surface area (Å²) in [6.07, 6.45) is 1.13. The summed E-state index contributed by atoms with van der Waals surface area (Å²) in [7, 11) is 1.60. The van der Waals surface area contributed by atoms with E-state index in [2.05, 4.69) is 37.9 Å². The molecule has 0 bridgehead atoms. The Bertz CT molecular complexity index is 1060. The molecule has 37 heavy (non-hydrogen) atoms. The Balaban J connectivity index is 1.64. The lowest BCUT2D eigenvalue weighted by Gasteiger charge is -2.40. The topological polar surface area (TPSA) is 71.1 Å². The van der Waals surface area contributed by atoms with Gasteiger partial charge in [-0.15, -0.1) is 0 Å². The molecule has 1 N–H and O–H groups in total. The summed E-state index contributed by atoms with van der Waals surface area (Å²) in [6, 6.07) is 13.5. The number of ketones is 1. The molecule has 2 aromatic rings. The number of carbonyl (C=O) groups excluding carboxylic acids is 2. The molecule has 1 saturated heterocycles. The van der Waals surface area contributed by atoms with Gasteiger partial charge >= 0.3 is 6.03 Å². The van der Waals surface area contributed by atoms with Crippen LogP contribution in [-0.2, 0) is 10.2 Å². The highest BCUT2D eigenvalue weighted by atomic mass is 35.5. The summed E-state index contributed by atoms with van der Waals surface area (Å²) >= 11 is 6.05. The SMILES string of the molecule is COc1ccc(NC(=O)N2CCC(C(C)=O)(c3ccc(Cl)cc3)CC2)cc1OCCN(C(C)C)C(C)C. The largest absolute Gasteiger partial charge is 0.493 e. The highest BCUT2D eigenvalue weighted by Gasteiger charge is 2.41. The van der Waals surface area contributed by atoms with Gasteiger partial charge in [0.2, 0.25) is 0 Å². The number of hydrogen-bond acceptors (Lipinski definition) is 5. The highest BCUT2D eigenvalue weighted by molar-refractivity contribution is 6.30. The molecule has 2 amide bonds. The molecule has 8 heteroatoms. The fraction of sp³-hybridized carbons (Fsp3) is 0.517. The number of carbonyl (C=O) groups is 2. The monoisotopic (exact) mass is 529 g/mol. The Kier molecular flexibility index (Phi) is 9.85. The molecule has 1 aliphatic heterocycles. The Morgan fingerprint density at radius 2 is 1.65 bits per heavy atom. The average Bonchev–Trinajstić information content (AvgIpc) is 2.86. The number of Topliss-reactive ketones (excluding diaryl/α,β-unsaturated/α-hetero) is 1. The molecule has 1 heterocycles. The number of amides is 2. The number of rotatable bonds is 10. The van der Waals surface area contributed by atoms with E-state index in [0.717, 1.165) is 12.1 Å². The van der Waals surface area contributed by atoms with E-state index in [-0.39, 0.29) is 11.8 Å². The summed E-state index contributed by atoms with van der Waals surface area (Å²) in [6.45, 7) is 12.6. The Labute approximate surface area is 226 Å². The minimum atomic E-state index is -0.595. The van der Waals surface area contributed by atoms with Crippen LogP contribution in [0.25, 0.3) is 0 Å². The van der Waals surface area contributed by atoms with E-state index in [1.807, 2.05) is 24.3 Å². The Hall–Kier alpha value is -2.77. The highest BCUT2D eigenvalue weighted by Crippen LogP contribution is 2.37. The van der Waals surface area contributed by atoms with Crippen LogP contribution in [0.15, 0.2) is 42.5 Å². The van der Waals surface area contributed by atoms with E-state index in [0.29, 0.717) is 66.8 Å². The van der Waals surface area contributed by atoms with E-state index < -0.39 is 5.41 Å². The molecule has 0 spiro atoms. The number of benzene rings is 2. The van der Waals surface area contributed by atoms with E-state index in [4.69, 9.17) is 21.1 Å². The van der Waals surface area contributed by atoms with Crippen molar-refractivity contribution in [3.8, 4) is 11.5 Å². The second-order valence-electron chi connectivity index (χ2n) is 10.2. The summed E-state index contributed by atoms with van der Waals surface area (Å²) in [5.74, 6) is 1.32. The number of piperidine rings is 1. The molecule has 0 aromatic heterocycles. The van der Waals surface area contributed by atoms with Gasteiger partial charge in [-0.1, -0.05) is 23.7 Å². The molecule has 2 aromatic carbocycles. The fourth-order valence-electron chi connectivity index (χ4n) is 5.15. The van der Waals surface area contributed by atoms with Crippen molar-refractivity contribution in [3.05, 3.63) is 53.1 Å². The first-order valence-electron chi connectivity index (χ1n) is 13.0. The van der Waals surface area contributed by atoms with Crippen LogP contribution >= 0.6 is 11.6 Å². The van der Waals surface area contributed by atoms with Gasteiger partial charge in [-0.05, 0) is 77.3 Å². The molecule has 0 unspecified atom stereocenters. The lowest BCUT2D eigenvalue weighted by Crippen LogP contribution is -2.49. The van der Waals surface area contributed by atoms with Crippen molar-refractivity contribution in [3.63, 3.8) is 0 Å². The third-order valence-electron chi connectivity index (χ3n) is 7.32. The summed E-state index contributed by atoms with van der Waals surface area (Å²) in [5, 5.41) is 3.62. The number of anilines is 1. The minimum absolute atomic E-state index is 0.111. The predicted octanol–water partition coefficient (Wildman–Crippen LogP) is 6.00. The van der Waals surface area contributed by atoms with Crippen LogP contribution < -0.4 is 14.8 Å². The normalized spacial score (nSPS) is 15.2. The number of ether oxygens (including phenoxy) is 2. The number of urea groups is 1. The second kappa shape index (κ2) is 12.7. The van der Waals surface area contributed by atoms with Crippen molar-refractivity contribution >= 4 is 29.1 Å². The van der Waals surface area contributed by atoms with Crippen LogP contribution in [0.5, 0.6) is 11.5 Å². The van der Waals surface area contributed by atoms with Crippen LogP contribution in [0.1, 0.15) is 53.0 Å². The molecular weight excluding hydrogens is 490 g/mol.